The molecule has 1 atom stereocenters. The Morgan fingerprint density at radius 2 is 2.07 bits per heavy atom. The molecule has 3 aromatic rings. The molecule has 7 heteroatoms. The monoisotopic (exact) mass is 413 g/mol. The quantitative estimate of drug-likeness (QED) is 0.553. The van der Waals surface area contributed by atoms with E-state index in [1.165, 1.54) is 0 Å². The van der Waals surface area contributed by atoms with Gasteiger partial charge in [-0.3, -0.25) is 4.79 Å². The number of para-hydroxylation sites is 1. The van der Waals surface area contributed by atoms with Gasteiger partial charge in [-0.05, 0) is 43.5 Å². The minimum absolute atomic E-state index is 0.000340. The van der Waals surface area contributed by atoms with Crippen LogP contribution in [-0.4, -0.2) is 33.9 Å². The van der Waals surface area contributed by atoms with Crippen molar-refractivity contribution in [2.45, 2.75) is 25.3 Å². The lowest BCUT2D eigenvalue weighted by Crippen LogP contribution is -2.41. The molecule has 0 N–H and O–H groups in total. The van der Waals surface area contributed by atoms with Crippen LogP contribution in [0.3, 0.4) is 0 Å². The van der Waals surface area contributed by atoms with Gasteiger partial charge in [0.2, 0.25) is 0 Å². The highest BCUT2D eigenvalue weighted by Crippen LogP contribution is 2.35. The number of amides is 1. The summed E-state index contributed by atoms with van der Waals surface area (Å²) in [6.45, 7) is 0.777. The van der Waals surface area contributed by atoms with E-state index >= 15 is 0 Å². The minimum Gasteiger partial charge on any atom is -0.484 e. The molecule has 144 valence electrons. The number of rotatable bonds is 5. The Labute approximate surface area is 173 Å². The predicted octanol–water partition coefficient (Wildman–Crippen LogP) is 4.99. The minimum atomic E-state index is -0.00142. The number of likely N-dealkylation sites (tertiary alicyclic amines) is 1. The van der Waals surface area contributed by atoms with Crippen LogP contribution in [0.2, 0.25) is 5.15 Å². The van der Waals surface area contributed by atoms with E-state index in [1.54, 1.807) is 23.6 Å². The first-order chi connectivity index (χ1) is 13.7. The van der Waals surface area contributed by atoms with Crippen molar-refractivity contribution in [2.75, 3.05) is 13.2 Å². The molecule has 5 nitrogen and oxygen atoms in total. The number of piperidine rings is 1. The highest BCUT2D eigenvalue weighted by atomic mass is 35.5. The van der Waals surface area contributed by atoms with E-state index in [9.17, 15) is 4.79 Å². The van der Waals surface area contributed by atoms with Gasteiger partial charge in [-0.2, -0.15) is 0 Å². The number of ether oxygens (including phenoxy) is 1. The second kappa shape index (κ2) is 8.71. The zero-order chi connectivity index (χ0) is 19.3. The molecule has 2 aromatic heterocycles. The second-order valence-electron chi connectivity index (χ2n) is 6.64. The van der Waals surface area contributed by atoms with E-state index in [-0.39, 0.29) is 18.6 Å². The Bertz CT molecular complexity index is 930. The zero-order valence-electron chi connectivity index (χ0n) is 15.3. The summed E-state index contributed by atoms with van der Waals surface area (Å²) in [5, 5.41) is 3.43. The van der Waals surface area contributed by atoms with Crippen LogP contribution in [0.15, 0.2) is 54.0 Å². The Morgan fingerprint density at radius 3 is 2.86 bits per heavy atom. The van der Waals surface area contributed by atoms with Gasteiger partial charge in [-0.15, -0.1) is 11.3 Å². The summed E-state index contributed by atoms with van der Waals surface area (Å²) >= 11 is 7.45. The average Bonchev–Trinajstić information content (AvgIpc) is 3.23. The van der Waals surface area contributed by atoms with Crippen LogP contribution in [0.4, 0.5) is 0 Å². The third-order valence-electron chi connectivity index (χ3n) is 4.76. The Balaban J connectivity index is 1.47. The molecule has 0 radical (unpaired) electrons. The maximum absolute atomic E-state index is 12.8. The van der Waals surface area contributed by atoms with Crippen LogP contribution in [-0.2, 0) is 4.79 Å². The Morgan fingerprint density at radius 1 is 1.21 bits per heavy atom. The maximum Gasteiger partial charge on any atom is 0.261 e. The summed E-state index contributed by atoms with van der Waals surface area (Å²) in [6.07, 6.45) is 4.74. The van der Waals surface area contributed by atoms with Gasteiger partial charge in [-0.25, -0.2) is 9.97 Å². The fourth-order valence-electron chi connectivity index (χ4n) is 3.33. The number of carbonyl (C=O) groups is 1. The first kappa shape index (κ1) is 18.9. The molecule has 1 aliphatic heterocycles. The normalized spacial score (nSPS) is 16.8. The third-order valence-corrected chi connectivity index (χ3v) is 5.93. The number of aromatic nitrogens is 2. The number of carbonyl (C=O) groups excluding carboxylic acids is 1. The fourth-order valence-corrected chi connectivity index (χ4v) is 4.42. The molecule has 1 amide bonds. The summed E-state index contributed by atoms with van der Waals surface area (Å²) in [4.78, 5) is 23.6. The van der Waals surface area contributed by atoms with E-state index in [0.717, 1.165) is 42.1 Å². The standard InChI is InChI=1S/C21H20ClN3O2S/c22-19-10-9-15(12-23-19)17-14-28-21(24-17)18-8-4-5-11-25(18)20(26)13-27-16-6-2-1-3-7-16/h1-3,6-7,9-10,12,14,18H,4-5,8,11,13H2/t18-/m1/s1. The number of halogens is 1. The van der Waals surface area contributed by atoms with Crippen molar-refractivity contribution in [1.29, 1.82) is 0 Å². The van der Waals surface area contributed by atoms with E-state index in [1.807, 2.05) is 46.7 Å². The number of hydrogen-bond acceptors (Lipinski definition) is 5. The van der Waals surface area contributed by atoms with Crippen molar-refractivity contribution < 1.29 is 9.53 Å². The van der Waals surface area contributed by atoms with E-state index in [0.29, 0.717) is 10.9 Å². The third kappa shape index (κ3) is 4.34. The second-order valence-corrected chi connectivity index (χ2v) is 7.92. The molecule has 0 unspecified atom stereocenters. The summed E-state index contributed by atoms with van der Waals surface area (Å²) in [7, 11) is 0. The molecule has 4 rings (SSSR count). The molecule has 1 fully saturated rings. The number of hydrogen-bond donors (Lipinski definition) is 0. The van der Waals surface area contributed by atoms with Crippen molar-refractivity contribution in [3.05, 3.63) is 64.2 Å². The van der Waals surface area contributed by atoms with Gasteiger partial charge in [0.05, 0.1) is 11.7 Å². The summed E-state index contributed by atoms with van der Waals surface area (Å²) in [5.41, 5.74) is 1.79. The summed E-state index contributed by atoms with van der Waals surface area (Å²) in [5.74, 6) is 0.703. The largest absolute Gasteiger partial charge is 0.484 e. The molecule has 28 heavy (non-hydrogen) atoms. The lowest BCUT2D eigenvalue weighted by molar-refractivity contribution is -0.137. The molecule has 0 spiro atoms. The molecule has 1 aliphatic rings. The SMILES string of the molecule is O=C(COc1ccccc1)N1CCCC[C@@H]1c1nc(-c2ccc(Cl)nc2)cs1. The molecule has 0 bridgehead atoms. The molecule has 3 heterocycles. The van der Waals surface area contributed by atoms with Crippen LogP contribution in [0, 0.1) is 0 Å². The number of nitrogens with zero attached hydrogens (tertiary/aromatic N) is 3. The van der Waals surface area contributed by atoms with Gasteiger partial charge >= 0.3 is 0 Å². The van der Waals surface area contributed by atoms with E-state index in [2.05, 4.69) is 4.98 Å². The first-order valence-electron chi connectivity index (χ1n) is 9.25. The van der Waals surface area contributed by atoms with E-state index < -0.39 is 0 Å². The first-order valence-corrected chi connectivity index (χ1v) is 10.5. The molecule has 0 aliphatic carbocycles. The number of pyridine rings is 1. The van der Waals surface area contributed by atoms with Gasteiger partial charge < -0.3 is 9.64 Å². The Kier molecular flexibility index (Phi) is 5.88. The van der Waals surface area contributed by atoms with Crippen molar-refractivity contribution in [2.24, 2.45) is 0 Å². The van der Waals surface area contributed by atoms with Crippen LogP contribution in [0.25, 0.3) is 11.3 Å². The van der Waals surface area contributed by atoms with Crippen molar-refractivity contribution >= 4 is 28.8 Å². The van der Waals surface area contributed by atoms with Crippen molar-refractivity contribution in [3.8, 4) is 17.0 Å². The summed E-state index contributed by atoms with van der Waals surface area (Å²) in [6, 6.07) is 13.1. The van der Waals surface area contributed by atoms with Gasteiger partial charge in [0, 0.05) is 23.7 Å². The molecular formula is C21H20ClN3O2S. The van der Waals surface area contributed by atoms with Crippen LogP contribution < -0.4 is 4.74 Å². The topological polar surface area (TPSA) is 55.3 Å². The van der Waals surface area contributed by atoms with Gasteiger partial charge in [0.1, 0.15) is 15.9 Å². The zero-order valence-corrected chi connectivity index (χ0v) is 16.8. The lowest BCUT2D eigenvalue weighted by Gasteiger charge is -2.34. The lowest BCUT2D eigenvalue weighted by atomic mass is 10.0. The van der Waals surface area contributed by atoms with Gasteiger partial charge in [-0.1, -0.05) is 29.8 Å². The van der Waals surface area contributed by atoms with Gasteiger partial charge in [0.25, 0.3) is 5.91 Å². The molecule has 0 saturated carbocycles. The maximum atomic E-state index is 12.8. The van der Waals surface area contributed by atoms with Crippen LogP contribution in [0.1, 0.15) is 30.3 Å². The number of benzene rings is 1. The highest BCUT2D eigenvalue weighted by Gasteiger charge is 2.30. The summed E-state index contributed by atoms with van der Waals surface area (Å²) < 4.78 is 5.66. The number of thiazole rings is 1. The highest BCUT2D eigenvalue weighted by molar-refractivity contribution is 7.10. The van der Waals surface area contributed by atoms with Crippen molar-refractivity contribution in [3.63, 3.8) is 0 Å². The Hall–Kier alpha value is -2.44. The van der Waals surface area contributed by atoms with E-state index in [4.69, 9.17) is 21.3 Å². The average molecular weight is 414 g/mol. The van der Waals surface area contributed by atoms with Crippen molar-refractivity contribution in [1.82, 2.24) is 14.9 Å². The van der Waals surface area contributed by atoms with Crippen LogP contribution in [0.5, 0.6) is 5.75 Å². The molecule has 1 saturated heterocycles. The van der Waals surface area contributed by atoms with Crippen LogP contribution >= 0.6 is 22.9 Å². The smallest absolute Gasteiger partial charge is 0.261 e. The fraction of sp³-hybridized carbons (Fsp3) is 0.286. The predicted molar refractivity (Wildman–Crippen MR) is 111 cm³/mol. The molecule has 1 aromatic carbocycles. The molecular weight excluding hydrogens is 394 g/mol. The van der Waals surface area contributed by atoms with Gasteiger partial charge in [0.15, 0.2) is 6.61 Å².